The molecule has 3 nitrogen and oxygen atoms in total. The fraction of sp³-hybridized carbons (Fsp3) is 0. The maximum absolute atomic E-state index is 12.3. The monoisotopic (exact) mass is 232 g/mol. The van der Waals surface area contributed by atoms with Gasteiger partial charge in [-0.3, -0.25) is 4.79 Å². The third-order valence-electron chi connectivity index (χ3n) is 2.54. The van der Waals surface area contributed by atoms with E-state index in [1.54, 1.807) is 48.5 Å². The number of ketones is 1. The van der Waals surface area contributed by atoms with E-state index in [-0.39, 0.29) is 5.78 Å². The van der Waals surface area contributed by atoms with Crippen LogP contribution < -0.4 is 0 Å². The molecule has 3 heteroatoms. The van der Waals surface area contributed by atoms with E-state index in [9.17, 15) is 4.79 Å². The van der Waals surface area contributed by atoms with Gasteiger partial charge in [0.15, 0.2) is 17.2 Å². The largest absolute Gasteiger partial charge is 0.291 e. The van der Waals surface area contributed by atoms with Crippen LogP contribution >= 0.6 is 0 Å². The van der Waals surface area contributed by atoms with Gasteiger partial charge >= 0.3 is 0 Å². The molecule has 2 aromatic carbocycles. The molecule has 0 fully saturated rings. The number of carbonyl (C=O) groups excluding carboxylic acids is 1. The summed E-state index contributed by atoms with van der Waals surface area (Å²) >= 11 is 0. The van der Waals surface area contributed by atoms with Gasteiger partial charge in [-0.05, 0) is 0 Å². The van der Waals surface area contributed by atoms with Crippen molar-refractivity contribution in [1.29, 1.82) is 0 Å². The highest BCUT2D eigenvalue weighted by Crippen LogP contribution is 2.26. The third kappa shape index (κ3) is 1.98. The highest BCUT2D eigenvalue weighted by atomic mass is 16.1. The first-order valence-corrected chi connectivity index (χ1v) is 5.25. The zero-order chi connectivity index (χ0) is 13.0. The molecule has 0 saturated heterocycles. The fourth-order valence-electron chi connectivity index (χ4n) is 1.67. The Kier molecular flexibility index (Phi) is 3.18. The second-order valence-corrected chi connectivity index (χ2v) is 3.59. The Morgan fingerprint density at radius 3 is 1.56 bits per heavy atom. The molecule has 0 unspecified atom stereocenters. The summed E-state index contributed by atoms with van der Waals surface area (Å²) in [7, 11) is 0. The molecule has 0 heterocycles. The highest BCUT2D eigenvalue weighted by Gasteiger charge is 2.15. The molecule has 84 valence electrons. The van der Waals surface area contributed by atoms with Crippen LogP contribution in [0.4, 0.5) is 11.4 Å². The number of para-hydroxylation sites is 2. The molecule has 0 atom stereocenters. The van der Waals surface area contributed by atoms with Crippen LogP contribution in [0.5, 0.6) is 0 Å². The number of benzene rings is 2. The Morgan fingerprint density at radius 2 is 1.17 bits per heavy atom. The van der Waals surface area contributed by atoms with Gasteiger partial charge in [0.25, 0.3) is 0 Å². The van der Waals surface area contributed by atoms with Gasteiger partial charge in [0.2, 0.25) is 0 Å². The normalized spacial score (nSPS) is 9.22. The van der Waals surface area contributed by atoms with Crippen molar-refractivity contribution in [3.8, 4) is 0 Å². The van der Waals surface area contributed by atoms with Crippen molar-refractivity contribution in [2.45, 2.75) is 0 Å². The van der Waals surface area contributed by atoms with Crippen LogP contribution in [0.15, 0.2) is 48.5 Å². The maximum Gasteiger partial charge on any atom is 0.198 e. The summed E-state index contributed by atoms with van der Waals surface area (Å²) in [5.74, 6) is -0.284. The molecular formula is C15H8N2O. The van der Waals surface area contributed by atoms with E-state index < -0.39 is 0 Å². The van der Waals surface area contributed by atoms with Crippen LogP contribution in [0.2, 0.25) is 0 Å². The number of rotatable bonds is 2. The third-order valence-corrected chi connectivity index (χ3v) is 2.54. The Morgan fingerprint density at radius 1 is 0.778 bits per heavy atom. The van der Waals surface area contributed by atoms with Crippen molar-refractivity contribution in [3.05, 3.63) is 82.5 Å². The van der Waals surface area contributed by atoms with Crippen molar-refractivity contribution < 1.29 is 4.79 Å². The second-order valence-electron chi connectivity index (χ2n) is 3.59. The van der Waals surface area contributed by atoms with E-state index in [0.29, 0.717) is 22.5 Å². The molecule has 0 bridgehead atoms. The summed E-state index contributed by atoms with van der Waals surface area (Å²) in [6.07, 6.45) is 0. The van der Waals surface area contributed by atoms with Crippen LogP contribution in [-0.4, -0.2) is 5.78 Å². The Bertz CT molecular complexity index is 631. The van der Waals surface area contributed by atoms with Gasteiger partial charge in [0.05, 0.1) is 13.1 Å². The molecule has 0 radical (unpaired) electrons. The first-order chi connectivity index (χ1) is 8.77. The maximum atomic E-state index is 12.3. The van der Waals surface area contributed by atoms with Gasteiger partial charge in [0.1, 0.15) is 0 Å². The summed E-state index contributed by atoms with van der Waals surface area (Å²) in [4.78, 5) is 19.0. The summed E-state index contributed by atoms with van der Waals surface area (Å²) in [6.45, 7) is 14.1. The van der Waals surface area contributed by atoms with Crippen LogP contribution in [0.1, 0.15) is 15.9 Å². The zero-order valence-corrected chi connectivity index (χ0v) is 9.42. The van der Waals surface area contributed by atoms with Gasteiger partial charge < -0.3 is 0 Å². The van der Waals surface area contributed by atoms with Crippen molar-refractivity contribution in [2.24, 2.45) is 0 Å². The number of hydrogen-bond donors (Lipinski definition) is 0. The van der Waals surface area contributed by atoms with Crippen molar-refractivity contribution in [2.75, 3.05) is 0 Å². The lowest BCUT2D eigenvalue weighted by atomic mass is 10.0. The molecule has 0 amide bonds. The predicted octanol–water partition coefficient (Wildman–Crippen LogP) is 4.02. The van der Waals surface area contributed by atoms with Gasteiger partial charge in [-0.25, -0.2) is 9.69 Å². The Labute approximate surface area is 105 Å². The molecule has 0 saturated carbocycles. The summed E-state index contributed by atoms with van der Waals surface area (Å²) in [6, 6.07) is 13.3. The SMILES string of the molecule is [C-]#[N+]c1ccccc1C(=O)c1ccccc1[N+]#[C-]. The average molecular weight is 232 g/mol. The Balaban J connectivity index is 2.57. The number of carbonyl (C=O) groups is 1. The molecule has 0 spiro atoms. The molecule has 0 aliphatic heterocycles. The molecule has 2 aromatic rings. The molecule has 0 N–H and O–H groups in total. The van der Waals surface area contributed by atoms with E-state index in [2.05, 4.69) is 9.69 Å². The molecule has 18 heavy (non-hydrogen) atoms. The van der Waals surface area contributed by atoms with Gasteiger partial charge in [0, 0.05) is 11.1 Å². The minimum absolute atomic E-state index is 0.284. The molecule has 0 aliphatic rings. The van der Waals surface area contributed by atoms with E-state index >= 15 is 0 Å². The van der Waals surface area contributed by atoms with E-state index in [1.807, 2.05) is 0 Å². The lowest BCUT2D eigenvalue weighted by Gasteiger charge is -2.04. The van der Waals surface area contributed by atoms with Crippen molar-refractivity contribution >= 4 is 17.2 Å². The minimum Gasteiger partial charge on any atom is -0.291 e. The van der Waals surface area contributed by atoms with Gasteiger partial charge in [-0.2, -0.15) is 0 Å². The zero-order valence-electron chi connectivity index (χ0n) is 9.42. The van der Waals surface area contributed by atoms with Gasteiger partial charge in [-0.1, -0.05) is 48.5 Å². The summed E-state index contributed by atoms with van der Waals surface area (Å²) < 4.78 is 0. The summed E-state index contributed by atoms with van der Waals surface area (Å²) in [5, 5.41) is 0. The number of nitrogens with zero attached hydrogens (tertiary/aromatic N) is 2. The highest BCUT2D eigenvalue weighted by molar-refractivity contribution is 6.15. The topological polar surface area (TPSA) is 25.8 Å². The smallest absolute Gasteiger partial charge is 0.198 e. The minimum atomic E-state index is -0.284. The molecular weight excluding hydrogens is 224 g/mol. The molecule has 2 rings (SSSR count). The first kappa shape index (κ1) is 11.6. The van der Waals surface area contributed by atoms with Crippen LogP contribution in [0.3, 0.4) is 0 Å². The lowest BCUT2D eigenvalue weighted by molar-refractivity contribution is 0.104. The fourth-order valence-corrected chi connectivity index (χ4v) is 1.67. The summed E-state index contributed by atoms with van der Waals surface area (Å²) in [5.41, 5.74) is 1.29. The van der Waals surface area contributed by atoms with E-state index in [1.165, 1.54) is 0 Å². The van der Waals surface area contributed by atoms with Gasteiger partial charge in [-0.15, -0.1) is 0 Å². The second kappa shape index (κ2) is 4.95. The predicted molar refractivity (Wildman–Crippen MR) is 68.8 cm³/mol. The van der Waals surface area contributed by atoms with Crippen molar-refractivity contribution in [3.63, 3.8) is 0 Å². The first-order valence-electron chi connectivity index (χ1n) is 5.25. The average Bonchev–Trinajstić information content (AvgIpc) is 2.46. The molecule has 0 aliphatic carbocycles. The quantitative estimate of drug-likeness (QED) is 0.567. The standard InChI is InChI=1S/C15H8N2O/c1-16-13-9-5-3-7-11(13)15(18)12-8-4-6-10-14(12)17-2/h3-10H. The lowest BCUT2D eigenvalue weighted by Crippen LogP contribution is -2.01. The van der Waals surface area contributed by atoms with Crippen LogP contribution in [-0.2, 0) is 0 Å². The molecule has 0 aromatic heterocycles. The number of hydrogen-bond acceptors (Lipinski definition) is 1. The van der Waals surface area contributed by atoms with E-state index in [4.69, 9.17) is 13.1 Å². The van der Waals surface area contributed by atoms with E-state index in [0.717, 1.165) is 0 Å². The Hall–Kier alpha value is -2.91. The van der Waals surface area contributed by atoms with Crippen LogP contribution in [0.25, 0.3) is 9.69 Å². The van der Waals surface area contributed by atoms with Crippen LogP contribution in [0, 0.1) is 13.1 Å². The van der Waals surface area contributed by atoms with Crippen molar-refractivity contribution in [1.82, 2.24) is 0 Å².